The molecule has 0 radical (unpaired) electrons. The highest BCUT2D eigenvalue weighted by Gasteiger charge is 2.14. The molecule has 2 heterocycles. The average molecular weight is 278 g/mol. The van der Waals surface area contributed by atoms with E-state index < -0.39 is 0 Å². The topological polar surface area (TPSA) is 26.3 Å². The second kappa shape index (κ2) is 5.88. The van der Waals surface area contributed by atoms with Gasteiger partial charge in [0.15, 0.2) is 0 Å². The van der Waals surface area contributed by atoms with Crippen LogP contribution in [0.2, 0.25) is 0 Å². The number of hydrogen-bond acceptors (Lipinski definition) is 2. The van der Waals surface area contributed by atoms with Crippen LogP contribution in [0.3, 0.4) is 0 Å². The van der Waals surface area contributed by atoms with Crippen LogP contribution in [0.5, 0.6) is 0 Å². The summed E-state index contributed by atoms with van der Waals surface area (Å²) < 4.78 is 11.4. The van der Waals surface area contributed by atoms with Gasteiger partial charge in [-0.2, -0.15) is 0 Å². The standard InChI is InChI=1S/C19H18O2/c1-14-8-10-17(20-14)11-12-18(16-6-4-3-5-7-16)19-13-9-15(2)21-19/h3-13,18H,1-2H3/b12-11+. The van der Waals surface area contributed by atoms with Gasteiger partial charge in [0.1, 0.15) is 23.0 Å². The van der Waals surface area contributed by atoms with Gasteiger partial charge in [-0.3, -0.25) is 0 Å². The van der Waals surface area contributed by atoms with Crippen molar-refractivity contribution in [3.05, 3.63) is 89.3 Å². The van der Waals surface area contributed by atoms with Crippen molar-refractivity contribution in [2.24, 2.45) is 0 Å². The largest absolute Gasteiger partial charge is 0.465 e. The predicted octanol–water partition coefficient (Wildman–Crippen LogP) is 5.33. The Morgan fingerprint density at radius 1 is 0.810 bits per heavy atom. The van der Waals surface area contributed by atoms with E-state index in [2.05, 4.69) is 18.2 Å². The summed E-state index contributed by atoms with van der Waals surface area (Å²) in [7, 11) is 0. The molecule has 2 heteroatoms. The molecule has 1 aromatic carbocycles. The Bertz CT molecular complexity index is 732. The van der Waals surface area contributed by atoms with Crippen molar-refractivity contribution in [2.75, 3.05) is 0 Å². The van der Waals surface area contributed by atoms with Gasteiger partial charge < -0.3 is 8.83 Å². The quantitative estimate of drug-likeness (QED) is 0.644. The number of allylic oxidation sites excluding steroid dienone is 1. The van der Waals surface area contributed by atoms with Crippen LogP contribution < -0.4 is 0 Å². The van der Waals surface area contributed by atoms with Crippen LogP contribution in [0.1, 0.15) is 34.5 Å². The lowest BCUT2D eigenvalue weighted by Crippen LogP contribution is -1.95. The van der Waals surface area contributed by atoms with Crippen LogP contribution in [-0.2, 0) is 0 Å². The molecule has 0 N–H and O–H groups in total. The third-order valence-electron chi connectivity index (χ3n) is 3.44. The zero-order chi connectivity index (χ0) is 14.7. The zero-order valence-corrected chi connectivity index (χ0v) is 12.2. The predicted molar refractivity (Wildman–Crippen MR) is 84.2 cm³/mol. The van der Waals surface area contributed by atoms with E-state index in [1.165, 1.54) is 5.56 Å². The van der Waals surface area contributed by atoms with Gasteiger partial charge >= 0.3 is 0 Å². The summed E-state index contributed by atoms with van der Waals surface area (Å²) in [6, 6.07) is 18.3. The Morgan fingerprint density at radius 3 is 2.14 bits per heavy atom. The molecule has 3 rings (SSSR count). The van der Waals surface area contributed by atoms with E-state index in [9.17, 15) is 0 Å². The van der Waals surface area contributed by atoms with E-state index in [0.29, 0.717) is 0 Å². The van der Waals surface area contributed by atoms with Crippen molar-refractivity contribution in [1.82, 2.24) is 0 Å². The molecule has 0 saturated carbocycles. The number of rotatable bonds is 4. The maximum atomic E-state index is 5.81. The fourth-order valence-electron chi connectivity index (χ4n) is 2.39. The van der Waals surface area contributed by atoms with E-state index in [1.807, 2.05) is 62.4 Å². The molecule has 0 aliphatic heterocycles. The Balaban J connectivity index is 1.94. The molecule has 0 amide bonds. The summed E-state index contributed by atoms with van der Waals surface area (Å²) in [6.45, 7) is 3.91. The molecule has 106 valence electrons. The minimum absolute atomic E-state index is 0.0882. The summed E-state index contributed by atoms with van der Waals surface area (Å²) in [5.74, 6) is 3.73. The Labute approximate surface area is 124 Å². The van der Waals surface area contributed by atoms with E-state index in [0.717, 1.165) is 23.0 Å². The van der Waals surface area contributed by atoms with Crippen molar-refractivity contribution in [2.45, 2.75) is 19.8 Å². The first-order chi connectivity index (χ1) is 10.2. The summed E-state index contributed by atoms with van der Waals surface area (Å²) in [6.07, 6.45) is 4.12. The number of hydrogen-bond donors (Lipinski definition) is 0. The van der Waals surface area contributed by atoms with E-state index in [-0.39, 0.29) is 5.92 Å². The fourth-order valence-corrected chi connectivity index (χ4v) is 2.39. The monoisotopic (exact) mass is 278 g/mol. The lowest BCUT2D eigenvalue weighted by molar-refractivity contribution is 0.480. The van der Waals surface area contributed by atoms with Crippen LogP contribution >= 0.6 is 0 Å². The third kappa shape index (κ3) is 3.16. The number of benzene rings is 1. The van der Waals surface area contributed by atoms with Gasteiger partial charge in [0, 0.05) is 0 Å². The molecule has 1 unspecified atom stereocenters. The average Bonchev–Trinajstić information content (AvgIpc) is 3.09. The van der Waals surface area contributed by atoms with Crippen LogP contribution in [0.15, 0.2) is 69.5 Å². The lowest BCUT2D eigenvalue weighted by atomic mass is 9.96. The van der Waals surface area contributed by atoms with Crippen LogP contribution in [-0.4, -0.2) is 0 Å². The van der Waals surface area contributed by atoms with E-state index in [4.69, 9.17) is 8.83 Å². The minimum Gasteiger partial charge on any atom is -0.465 e. The number of furan rings is 2. The SMILES string of the molecule is Cc1ccc(/C=C/C(c2ccccc2)c2ccc(C)o2)o1. The molecule has 0 bridgehead atoms. The normalized spacial score (nSPS) is 12.9. The first-order valence-corrected chi connectivity index (χ1v) is 7.08. The van der Waals surface area contributed by atoms with Crippen LogP contribution in [0.25, 0.3) is 6.08 Å². The summed E-state index contributed by atoms with van der Waals surface area (Å²) in [5, 5.41) is 0. The van der Waals surface area contributed by atoms with Gasteiger partial charge in [-0.15, -0.1) is 0 Å². The molecule has 3 aromatic rings. The van der Waals surface area contributed by atoms with Gasteiger partial charge in [-0.25, -0.2) is 0 Å². The lowest BCUT2D eigenvalue weighted by Gasteiger charge is -2.10. The molecular formula is C19H18O2. The summed E-state index contributed by atoms with van der Waals surface area (Å²) >= 11 is 0. The smallest absolute Gasteiger partial charge is 0.126 e. The van der Waals surface area contributed by atoms with Crippen LogP contribution in [0.4, 0.5) is 0 Å². The van der Waals surface area contributed by atoms with E-state index in [1.54, 1.807) is 0 Å². The van der Waals surface area contributed by atoms with Gasteiger partial charge in [-0.05, 0) is 49.8 Å². The highest BCUT2D eigenvalue weighted by atomic mass is 16.3. The summed E-state index contributed by atoms with van der Waals surface area (Å²) in [4.78, 5) is 0. The van der Waals surface area contributed by atoms with Crippen molar-refractivity contribution >= 4 is 6.08 Å². The Kier molecular flexibility index (Phi) is 3.78. The van der Waals surface area contributed by atoms with E-state index >= 15 is 0 Å². The molecular weight excluding hydrogens is 260 g/mol. The first-order valence-electron chi connectivity index (χ1n) is 7.08. The summed E-state index contributed by atoms with van der Waals surface area (Å²) in [5.41, 5.74) is 1.20. The molecule has 0 spiro atoms. The molecule has 2 aromatic heterocycles. The second-order valence-electron chi connectivity index (χ2n) is 5.14. The second-order valence-corrected chi connectivity index (χ2v) is 5.14. The molecule has 1 atom stereocenters. The molecule has 0 aliphatic carbocycles. The zero-order valence-electron chi connectivity index (χ0n) is 12.2. The Hall–Kier alpha value is -2.48. The van der Waals surface area contributed by atoms with Crippen molar-refractivity contribution in [3.8, 4) is 0 Å². The first kappa shape index (κ1) is 13.5. The molecule has 0 saturated heterocycles. The minimum atomic E-state index is 0.0882. The fraction of sp³-hybridized carbons (Fsp3) is 0.158. The van der Waals surface area contributed by atoms with Crippen molar-refractivity contribution < 1.29 is 8.83 Å². The maximum Gasteiger partial charge on any atom is 0.126 e. The molecule has 0 fully saturated rings. The maximum absolute atomic E-state index is 5.81. The molecule has 0 aliphatic rings. The van der Waals surface area contributed by atoms with Gasteiger partial charge in [0.05, 0.1) is 5.92 Å². The van der Waals surface area contributed by atoms with Crippen molar-refractivity contribution in [1.29, 1.82) is 0 Å². The van der Waals surface area contributed by atoms with Gasteiger partial charge in [0.2, 0.25) is 0 Å². The number of aryl methyl sites for hydroxylation is 2. The van der Waals surface area contributed by atoms with Gasteiger partial charge in [0.25, 0.3) is 0 Å². The van der Waals surface area contributed by atoms with Crippen LogP contribution in [0, 0.1) is 13.8 Å². The third-order valence-corrected chi connectivity index (χ3v) is 3.44. The molecule has 21 heavy (non-hydrogen) atoms. The van der Waals surface area contributed by atoms with Crippen molar-refractivity contribution in [3.63, 3.8) is 0 Å². The molecule has 2 nitrogen and oxygen atoms in total. The Morgan fingerprint density at radius 2 is 1.52 bits per heavy atom. The highest BCUT2D eigenvalue weighted by molar-refractivity contribution is 5.48. The highest BCUT2D eigenvalue weighted by Crippen LogP contribution is 2.28. The van der Waals surface area contributed by atoms with Gasteiger partial charge in [-0.1, -0.05) is 36.4 Å².